The summed E-state index contributed by atoms with van der Waals surface area (Å²) in [5, 5.41) is 7.39. The van der Waals surface area contributed by atoms with Gasteiger partial charge in [-0.05, 0) is 6.92 Å². The molecule has 1 amide bonds. The van der Waals surface area contributed by atoms with Crippen LogP contribution in [-0.2, 0) is 19.4 Å². The van der Waals surface area contributed by atoms with E-state index in [1.165, 1.54) is 21.0 Å². The molecule has 7 heteroatoms. The minimum Gasteiger partial charge on any atom is -0.481 e. The van der Waals surface area contributed by atoms with Crippen LogP contribution in [0.4, 0.5) is 0 Å². The topological polar surface area (TPSA) is 91.7 Å². The fraction of sp³-hybridized carbons (Fsp3) is 0.750. The van der Waals surface area contributed by atoms with Gasteiger partial charge >= 0.3 is 5.97 Å². The first-order valence-electron chi connectivity index (χ1n) is 4.30. The van der Waals surface area contributed by atoms with Gasteiger partial charge in [0.1, 0.15) is 5.75 Å². The van der Waals surface area contributed by atoms with Crippen molar-refractivity contribution in [1.29, 1.82) is 0 Å². The number of sulfone groups is 1. The molecule has 1 atom stereocenters. The Morgan fingerprint density at radius 2 is 1.80 bits per heavy atom. The van der Waals surface area contributed by atoms with E-state index in [-0.39, 0.29) is 0 Å². The Balaban J connectivity index is 4.56. The molecule has 0 bridgehead atoms. The van der Waals surface area contributed by atoms with E-state index in [0.717, 1.165) is 4.90 Å². The van der Waals surface area contributed by atoms with Crippen molar-refractivity contribution in [1.82, 2.24) is 4.90 Å². The fourth-order valence-corrected chi connectivity index (χ4v) is 2.10. The summed E-state index contributed by atoms with van der Waals surface area (Å²) in [4.78, 5) is 22.6. The lowest BCUT2D eigenvalue weighted by Crippen LogP contribution is -2.34. The second-order valence-corrected chi connectivity index (χ2v) is 5.92. The minimum absolute atomic E-state index is 0.483. The summed E-state index contributed by atoms with van der Waals surface area (Å²) < 4.78 is 22.9. The van der Waals surface area contributed by atoms with Gasteiger partial charge in [-0.3, -0.25) is 9.59 Å². The van der Waals surface area contributed by atoms with Crippen molar-refractivity contribution in [3.63, 3.8) is 0 Å². The summed E-state index contributed by atoms with van der Waals surface area (Å²) in [5.74, 6) is -2.38. The van der Waals surface area contributed by atoms with E-state index in [1.807, 2.05) is 0 Å². The largest absolute Gasteiger partial charge is 0.481 e. The number of nitrogens with zero attached hydrogens (tertiary/aromatic N) is 1. The lowest BCUT2D eigenvalue weighted by molar-refractivity contribution is -0.137. The molecule has 0 aliphatic carbocycles. The molecular weight excluding hydrogens is 222 g/mol. The third-order valence-electron chi connectivity index (χ3n) is 1.90. The van der Waals surface area contributed by atoms with E-state index < -0.39 is 39.1 Å². The molecule has 6 nitrogen and oxygen atoms in total. The van der Waals surface area contributed by atoms with E-state index in [9.17, 15) is 18.0 Å². The van der Waals surface area contributed by atoms with Crippen LogP contribution in [0.2, 0.25) is 0 Å². The number of aliphatic carboxylic acids is 1. The van der Waals surface area contributed by atoms with Crippen LogP contribution in [0.15, 0.2) is 0 Å². The number of amides is 1. The van der Waals surface area contributed by atoms with Crippen LogP contribution in [0.3, 0.4) is 0 Å². The van der Waals surface area contributed by atoms with Crippen molar-refractivity contribution in [3.8, 4) is 0 Å². The minimum atomic E-state index is -3.67. The molecule has 1 unspecified atom stereocenters. The van der Waals surface area contributed by atoms with Gasteiger partial charge < -0.3 is 10.0 Å². The van der Waals surface area contributed by atoms with Crippen molar-refractivity contribution in [2.45, 2.75) is 18.6 Å². The summed E-state index contributed by atoms with van der Waals surface area (Å²) >= 11 is 0. The van der Waals surface area contributed by atoms with E-state index in [0.29, 0.717) is 0 Å². The number of hydrogen-bond acceptors (Lipinski definition) is 4. The molecule has 0 aromatic carbocycles. The third-order valence-corrected chi connectivity index (χ3v) is 3.94. The number of hydrogen-bond donors (Lipinski definition) is 1. The van der Waals surface area contributed by atoms with Crippen LogP contribution < -0.4 is 0 Å². The van der Waals surface area contributed by atoms with Crippen molar-refractivity contribution in [2.75, 3.05) is 19.8 Å². The summed E-state index contributed by atoms with van der Waals surface area (Å²) in [5.41, 5.74) is 0. The van der Waals surface area contributed by atoms with E-state index >= 15 is 0 Å². The zero-order chi connectivity index (χ0) is 12.2. The molecule has 0 radical (unpaired) electrons. The zero-order valence-corrected chi connectivity index (χ0v) is 9.74. The SMILES string of the molecule is CC(CC(=O)O)S(=O)(=O)CC(=O)N(C)C. The second kappa shape index (κ2) is 5.11. The molecule has 0 aliphatic rings. The highest BCUT2D eigenvalue weighted by molar-refractivity contribution is 7.92. The summed E-state index contributed by atoms with van der Waals surface area (Å²) in [7, 11) is -0.783. The third kappa shape index (κ3) is 4.78. The average molecular weight is 237 g/mol. The molecule has 1 N–H and O–H groups in total. The number of carboxylic acids is 1. The van der Waals surface area contributed by atoms with E-state index in [2.05, 4.69) is 0 Å². The lowest BCUT2D eigenvalue weighted by atomic mass is 10.3. The van der Waals surface area contributed by atoms with Gasteiger partial charge in [0.25, 0.3) is 0 Å². The molecule has 0 aromatic rings. The van der Waals surface area contributed by atoms with Crippen LogP contribution in [0, 0.1) is 0 Å². The molecule has 0 heterocycles. The van der Waals surface area contributed by atoms with Crippen molar-refractivity contribution < 1.29 is 23.1 Å². The van der Waals surface area contributed by atoms with Gasteiger partial charge in [-0.1, -0.05) is 0 Å². The Morgan fingerprint density at radius 3 is 2.13 bits per heavy atom. The average Bonchev–Trinajstić information content (AvgIpc) is 2.01. The first-order valence-corrected chi connectivity index (χ1v) is 6.02. The number of rotatable bonds is 5. The van der Waals surface area contributed by atoms with Crippen LogP contribution in [0.25, 0.3) is 0 Å². The summed E-state index contributed by atoms with van der Waals surface area (Å²) in [6.07, 6.45) is -0.483. The van der Waals surface area contributed by atoms with Crippen LogP contribution >= 0.6 is 0 Å². The Bertz CT molecular complexity index is 346. The number of carboxylic acid groups (broad SMARTS) is 1. The maximum Gasteiger partial charge on any atom is 0.304 e. The van der Waals surface area contributed by atoms with Gasteiger partial charge in [0.15, 0.2) is 9.84 Å². The monoisotopic (exact) mass is 237 g/mol. The standard InChI is InChI=1S/C8H15NO5S/c1-6(4-8(11)12)15(13,14)5-7(10)9(2)3/h6H,4-5H2,1-3H3,(H,11,12). The van der Waals surface area contributed by atoms with Gasteiger partial charge in [-0.25, -0.2) is 8.42 Å². The molecule has 0 saturated heterocycles. The molecule has 88 valence electrons. The Hall–Kier alpha value is -1.11. The first-order chi connectivity index (χ1) is 6.66. The molecule has 0 spiro atoms. The van der Waals surface area contributed by atoms with Crippen molar-refractivity contribution >= 4 is 21.7 Å². The molecule has 0 fully saturated rings. The lowest BCUT2D eigenvalue weighted by Gasteiger charge is -2.13. The van der Waals surface area contributed by atoms with E-state index in [1.54, 1.807) is 0 Å². The zero-order valence-electron chi connectivity index (χ0n) is 8.93. The van der Waals surface area contributed by atoms with Crippen molar-refractivity contribution in [3.05, 3.63) is 0 Å². The molecule has 0 aliphatic heterocycles. The molecule has 15 heavy (non-hydrogen) atoms. The Labute approximate surface area is 88.8 Å². The Kier molecular flexibility index (Phi) is 4.73. The maximum absolute atomic E-state index is 11.5. The highest BCUT2D eigenvalue weighted by Gasteiger charge is 2.26. The molecule has 0 saturated carbocycles. The highest BCUT2D eigenvalue weighted by atomic mass is 32.2. The van der Waals surface area contributed by atoms with Gasteiger partial charge in [-0.2, -0.15) is 0 Å². The molecule has 0 aromatic heterocycles. The fourth-order valence-electron chi connectivity index (χ4n) is 0.816. The maximum atomic E-state index is 11.5. The van der Waals surface area contributed by atoms with E-state index in [4.69, 9.17) is 5.11 Å². The summed E-state index contributed by atoms with van der Waals surface area (Å²) in [6.45, 7) is 1.28. The number of carbonyl (C=O) groups is 2. The normalized spacial score (nSPS) is 13.3. The van der Waals surface area contributed by atoms with Crippen molar-refractivity contribution in [2.24, 2.45) is 0 Å². The smallest absolute Gasteiger partial charge is 0.304 e. The number of carbonyl (C=O) groups excluding carboxylic acids is 1. The first kappa shape index (κ1) is 13.9. The predicted octanol–water partition coefficient (Wildman–Crippen LogP) is -0.647. The van der Waals surface area contributed by atoms with Crippen LogP contribution in [0.1, 0.15) is 13.3 Å². The predicted molar refractivity (Wildman–Crippen MR) is 54.2 cm³/mol. The van der Waals surface area contributed by atoms with Gasteiger partial charge in [0, 0.05) is 14.1 Å². The van der Waals surface area contributed by atoms with Crippen LogP contribution in [0.5, 0.6) is 0 Å². The second-order valence-electron chi connectivity index (χ2n) is 3.50. The Morgan fingerprint density at radius 1 is 1.33 bits per heavy atom. The highest BCUT2D eigenvalue weighted by Crippen LogP contribution is 2.07. The van der Waals surface area contributed by atoms with Gasteiger partial charge in [0.05, 0.1) is 11.7 Å². The quantitative estimate of drug-likeness (QED) is 0.686. The van der Waals surface area contributed by atoms with Gasteiger partial charge in [0.2, 0.25) is 5.91 Å². The molecule has 0 rings (SSSR count). The summed E-state index contributed by atoms with van der Waals surface area (Å²) in [6, 6.07) is 0. The van der Waals surface area contributed by atoms with Gasteiger partial charge in [-0.15, -0.1) is 0 Å². The molecular formula is C8H15NO5S. The van der Waals surface area contributed by atoms with Crippen LogP contribution in [-0.4, -0.2) is 55.4 Å².